The molecule has 2 atom stereocenters. The number of hydrogen-bond acceptors (Lipinski definition) is 8. The van der Waals surface area contributed by atoms with Gasteiger partial charge in [-0.1, -0.05) is 6.58 Å². The number of hydrogen-bond donors (Lipinski definition) is 2. The lowest BCUT2D eigenvalue weighted by Crippen LogP contribution is -2.46. The van der Waals surface area contributed by atoms with E-state index in [1.165, 1.54) is 12.1 Å². The van der Waals surface area contributed by atoms with E-state index in [-0.39, 0.29) is 29.5 Å². The monoisotopic (exact) mass is 563 g/mol. The van der Waals surface area contributed by atoms with Crippen molar-refractivity contribution in [3.05, 3.63) is 48.5 Å². The van der Waals surface area contributed by atoms with Gasteiger partial charge in [0.05, 0.1) is 65.0 Å². The summed E-state index contributed by atoms with van der Waals surface area (Å²) >= 11 is 0. The highest BCUT2D eigenvalue weighted by molar-refractivity contribution is 5.86. The molecule has 1 saturated heterocycles. The maximum atomic E-state index is 14.6. The van der Waals surface area contributed by atoms with Crippen molar-refractivity contribution in [2.75, 3.05) is 86.1 Å². The molecule has 1 aromatic carbocycles. The molecule has 222 valence electrons. The Hall–Kier alpha value is -2.83. The summed E-state index contributed by atoms with van der Waals surface area (Å²) < 4.78 is 41.8. The molecule has 1 aliphatic rings. The summed E-state index contributed by atoms with van der Waals surface area (Å²) in [7, 11) is 2.00. The molecule has 1 aliphatic heterocycles. The lowest BCUT2D eigenvalue weighted by molar-refractivity contribution is -0.127. The van der Waals surface area contributed by atoms with Crippen LogP contribution in [0.3, 0.4) is 0 Å². The topological polar surface area (TPSA) is 112 Å². The largest absolute Gasteiger partial charge is 0.464 e. The maximum absolute atomic E-state index is 14.6. The third kappa shape index (κ3) is 11.0. The second-order valence-electron chi connectivity index (χ2n) is 9.82. The fourth-order valence-electron chi connectivity index (χ4n) is 4.83. The fraction of sp³-hybridized carbons (Fsp3) is 0.586. The van der Waals surface area contributed by atoms with Crippen LogP contribution < -0.4 is 10.6 Å². The van der Waals surface area contributed by atoms with Gasteiger partial charge in [-0.25, -0.2) is 4.39 Å². The minimum atomic E-state index is -0.231. The number of piperidine rings is 1. The third-order valence-corrected chi connectivity index (χ3v) is 6.67. The molecule has 0 aliphatic carbocycles. The highest BCUT2D eigenvalue weighted by Gasteiger charge is 2.31. The molecule has 0 bridgehead atoms. The minimum Gasteiger partial charge on any atom is -0.464 e. The fourth-order valence-corrected chi connectivity index (χ4v) is 4.83. The number of benzene rings is 1. The van der Waals surface area contributed by atoms with Crippen molar-refractivity contribution in [2.24, 2.45) is 11.8 Å². The summed E-state index contributed by atoms with van der Waals surface area (Å²) in [4.78, 5) is 25.9. The van der Waals surface area contributed by atoms with Gasteiger partial charge in [0.1, 0.15) is 11.4 Å². The first-order valence-electron chi connectivity index (χ1n) is 13.8. The van der Waals surface area contributed by atoms with Crippen LogP contribution in [-0.4, -0.2) is 103 Å². The van der Waals surface area contributed by atoms with Crippen molar-refractivity contribution in [1.29, 1.82) is 0 Å². The average Bonchev–Trinajstić information content (AvgIpc) is 3.43. The zero-order chi connectivity index (χ0) is 28.6. The van der Waals surface area contributed by atoms with Gasteiger partial charge in [-0.2, -0.15) is 0 Å². The van der Waals surface area contributed by atoms with Crippen LogP contribution in [0.1, 0.15) is 12.0 Å². The van der Waals surface area contributed by atoms with Crippen LogP contribution in [0, 0.1) is 17.7 Å². The highest BCUT2D eigenvalue weighted by Crippen LogP contribution is 2.30. The molecule has 1 fully saturated rings. The molecule has 2 aromatic rings. The predicted molar refractivity (Wildman–Crippen MR) is 148 cm³/mol. The molecule has 3 rings (SSSR count). The molecule has 2 N–H and O–H groups in total. The quantitative estimate of drug-likeness (QED) is 0.198. The number of likely N-dealkylation sites (tertiary alicyclic amines) is 1. The molecule has 40 heavy (non-hydrogen) atoms. The molecular weight excluding hydrogens is 521 g/mol. The van der Waals surface area contributed by atoms with Gasteiger partial charge in [0, 0.05) is 31.6 Å². The Bertz CT molecular complexity index is 1060. The Morgan fingerprint density at radius 1 is 0.975 bits per heavy atom. The Labute approximate surface area is 235 Å². The van der Waals surface area contributed by atoms with E-state index in [2.05, 4.69) is 22.1 Å². The number of nitrogens with zero attached hydrogens (tertiary/aromatic N) is 1. The van der Waals surface area contributed by atoms with E-state index < -0.39 is 0 Å². The van der Waals surface area contributed by atoms with Gasteiger partial charge in [-0.15, -0.1) is 0 Å². The van der Waals surface area contributed by atoms with Crippen molar-refractivity contribution in [3.8, 4) is 0 Å². The summed E-state index contributed by atoms with van der Waals surface area (Å²) in [6, 6.07) is 4.91. The number of rotatable bonds is 19. The highest BCUT2D eigenvalue weighted by atomic mass is 19.1. The van der Waals surface area contributed by atoms with Gasteiger partial charge in [-0.05, 0) is 55.6 Å². The van der Waals surface area contributed by atoms with Crippen molar-refractivity contribution >= 4 is 22.8 Å². The molecule has 1 aromatic heterocycles. The van der Waals surface area contributed by atoms with Gasteiger partial charge < -0.3 is 38.9 Å². The summed E-state index contributed by atoms with van der Waals surface area (Å²) in [6.45, 7) is 9.19. The zero-order valence-corrected chi connectivity index (χ0v) is 23.3. The number of carbonyl (C=O) groups is 2. The van der Waals surface area contributed by atoms with E-state index in [1.807, 2.05) is 7.05 Å². The van der Waals surface area contributed by atoms with Crippen LogP contribution >= 0.6 is 0 Å². The number of fused-ring (bicyclic) bond motifs is 1. The van der Waals surface area contributed by atoms with E-state index in [0.717, 1.165) is 11.9 Å². The number of ether oxygens (including phenoxy) is 4. The van der Waals surface area contributed by atoms with E-state index in [4.69, 9.17) is 23.4 Å². The van der Waals surface area contributed by atoms with Crippen LogP contribution in [-0.2, 0) is 35.0 Å². The molecule has 2 amide bonds. The molecular formula is C29H42FN3O7. The summed E-state index contributed by atoms with van der Waals surface area (Å²) in [5.74, 6) is -0.428. The average molecular weight is 564 g/mol. The van der Waals surface area contributed by atoms with Crippen molar-refractivity contribution < 1.29 is 37.3 Å². The maximum Gasteiger partial charge on any atom is 0.243 e. The van der Waals surface area contributed by atoms with Crippen molar-refractivity contribution in [3.63, 3.8) is 0 Å². The normalized spacial score (nSPS) is 17.6. The third-order valence-electron chi connectivity index (χ3n) is 6.67. The molecule has 0 unspecified atom stereocenters. The molecule has 2 heterocycles. The van der Waals surface area contributed by atoms with E-state index in [0.29, 0.717) is 96.5 Å². The number of carbonyl (C=O) groups excluding carboxylic acids is 2. The minimum absolute atomic E-state index is 0.000959. The van der Waals surface area contributed by atoms with Crippen LogP contribution in [0.2, 0.25) is 0 Å². The van der Waals surface area contributed by atoms with Crippen LogP contribution in [0.4, 0.5) is 4.39 Å². The van der Waals surface area contributed by atoms with E-state index >= 15 is 0 Å². The van der Waals surface area contributed by atoms with E-state index in [1.54, 1.807) is 18.4 Å². The molecule has 11 heteroatoms. The summed E-state index contributed by atoms with van der Waals surface area (Å²) in [5, 5.41) is 6.39. The SMILES string of the molecule is C=CC(=O)NCCOCCOCCOCCOCCNC(=O)[C@H]1C[C@@H](Cc2c(F)ccc3occc23)CN(C)C1. The Morgan fingerprint density at radius 2 is 1.60 bits per heavy atom. The van der Waals surface area contributed by atoms with Gasteiger partial charge in [0.15, 0.2) is 0 Å². The summed E-state index contributed by atoms with van der Waals surface area (Å²) in [5.41, 5.74) is 1.34. The van der Waals surface area contributed by atoms with Crippen LogP contribution in [0.25, 0.3) is 11.0 Å². The lowest BCUT2D eigenvalue weighted by atomic mass is 9.84. The second kappa shape index (κ2) is 17.8. The Morgan fingerprint density at radius 3 is 2.25 bits per heavy atom. The van der Waals surface area contributed by atoms with Gasteiger partial charge in [0.2, 0.25) is 11.8 Å². The molecule has 10 nitrogen and oxygen atoms in total. The zero-order valence-electron chi connectivity index (χ0n) is 23.3. The Kier molecular flexibility index (Phi) is 14.1. The lowest BCUT2D eigenvalue weighted by Gasteiger charge is -2.35. The first kappa shape index (κ1) is 31.7. The van der Waals surface area contributed by atoms with Crippen LogP contribution in [0.15, 0.2) is 41.5 Å². The second-order valence-corrected chi connectivity index (χ2v) is 9.82. The molecule has 0 saturated carbocycles. The molecule has 0 radical (unpaired) electrons. The van der Waals surface area contributed by atoms with Crippen molar-refractivity contribution in [2.45, 2.75) is 12.8 Å². The number of halogens is 1. The van der Waals surface area contributed by atoms with Crippen LogP contribution in [0.5, 0.6) is 0 Å². The van der Waals surface area contributed by atoms with Gasteiger partial charge in [-0.3, -0.25) is 9.59 Å². The van der Waals surface area contributed by atoms with Gasteiger partial charge >= 0.3 is 0 Å². The number of amides is 2. The summed E-state index contributed by atoms with van der Waals surface area (Å²) in [6.07, 6.45) is 4.07. The van der Waals surface area contributed by atoms with Crippen molar-refractivity contribution in [1.82, 2.24) is 15.5 Å². The van der Waals surface area contributed by atoms with E-state index in [9.17, 15) is 14.0 Å². The number of furan rings is 1. The molecule has 0 spiro atoms. The van der Waals surface area contributed by atoms with Gasteiger partial charge in [0.25, 0.3) is 0 Å². The smallest absolute Gasteiger partial charge is 0.243 e. The standard InChI is InChI=1S/C29H42FN3O7/c1-3-28(34)31-7-10-36-12-14-38-16-17-39-15-13-37-11-8-32-29(35)23-18-22(20-33(2)21-23)19-25-24-6-9-40-27(24)5-4-26(25)30/h3-6,9,22-23H,1,7-8,10-21H2,2H3,(H,31,34)(H,32,35)/t22-,23-/m0/s1. The predicted octanol–water partition coefficient (Wildman–Crippen LogP) is 2.17. The first-order chi connectivity index (χ1) is 19.5. The Balaban J connectivity index is 1.19. The number of nitrogens with one attached hydrogen (secondary N) is 2. The first-order valence-corrected chi connectivity index (χ1v) is 13.8.